The van der Waals surface area contributed by atoms with E-state index < -0.39 is 0 Å². The first-order valence-corrected chi connectivity index (χ1v) is 12.9. The van der Waals surface area contributed by atoms with Crippen molar-refractivity contribution < 1.29 is 9.53 Å². The average molecular weight is 404 g/mol. The maximum Gasteiger partial charge on any atom is 0.410 e. The molecule has 2 bridgehead atoms. The largest absolute Gasteiger partial charge is 0.443 e. The van der Waals surface area contributed by atoms with Gasteiger partial charge in [0.2, 0.25) is 0 Å². The second-order valence-corrected chi connectivity index (χ2v) is 11.7. The monoisotopic (exact) mass is 403 g/mol. The number of ether oxygens (including phenoxy) is 1. The molecule has 0 aromatic carbocycles. The number of carbonyl (C=O) groups is 1. The number of hydrogen-bond acceptors (Lipinski definition) is 2. The molecule has 4 aliphatic rings. The van der Waals surface area contributed by atoms with Crippen LogP contribution < -0.4 is 0 Å². The molecule has 4 rings (SSSR count). The molecular weight excluding hydrogens is 358 g/mol. The standard InChI is InChI=1S/C26H45NO2/c1-20-17-21-11-10-16-26(18-20,19-21)25(2,3)29-24(28)27(22-12-6-4-7-13-22)23-14-8-5-9-15-23/h20-23H,4-19H2,1-3H3. The second-order valence-electron chi connectivity index (χ2n) is 11.7. The van der Waals surface area contributed by atoms with E-state index in [2.05, 4.69) is 25.7 Å². The highest BCUT2D eigenvalue weighted by atomic mass is 16.6. The van der Waals surface area contributed by atoms with Crippen molar-refractivity contribution >= 4 is 6.09 Å². The van der Waals surface area contributed by atoms with Gasteiger partial charge in [0.25, 0.3) is 0 Å². The van der Waals surface area contributed by atoms with E-state index in [1.54, 1.807) is 0 Å². The number of nitrogens with zero attached hydrogens (tertiary/aromatic N) is 1. The summed E-state index contributed by atoms with van der Waals surface area (Å²) in [6.45, 7) is 6.90. The van der Waals surface area contributed by atoms with E-state index in [-0.39, 0.29) is 17.1 Å². The van der Waals surface area contributed by atoms with Gasteiger partial charge in [0.15, 0.2) is 0 Å². The summed E-state index contributed by atoms with van der Waals surface area (Å²) in [6.07, 6.45) is 20.3. The normalized spacial score (nSPS) is 34.6. The Morgan fingerprint density at radius 3 is 2.03 bits per heavy atom. The molecule has 0 aromatic heterocycles. The first kappa shape index (κ1) is 21.5. The third-order valence-corrected chi connectivity index (χ3v) is 9.19. The van der Waals surface area contributed by atoms with Crippen LogP contribution in [0.4, 0.5) is 4.79 Å². The van der Waals surface area contributed by atoms with Gasteiger partial charge in [-0.25, -0.2) is 4.79 Å². The second kappa shape index (κ2) is 8.79. The Kier molecular flexibility index (Phi) is 6.52. The first-order chi connectivity index (χ1) is 13.9. The maximum absolute atomic E-state index is 13.7. The lowest BCUT2D eigenvalue weighted by Gasteiger charge is -2.55. The van der Waals surface area contributed by atoms with Gasteiger partial charge in [0.1, 0.15) is 5.60 Å². The van der Waals surface area contributed by atoms with Crippen LogP contribution in [0, 0.1) is 17.3 Å². The van der Waals surface area contributed by atoms with Crippen LogP contribution in [0.25, 0.3) is 0 Å². The van der Waals surface area contributed by atoms with Gasteiger partial charge in [0.05, 0.1) is 0 Å². The van der Waals surface area contributed by atoms with Gasteiger partial charge in [0, 0.05) is 17.5 Å². The minimum atomic E-state index is -0.362. The van der Waals surface area contributed by atoms with E-state index in [1.165, 1.54) is 103 Å². The van der Waals surface area contributed by atoms with Crippen LogP contribution >= 0.6 is 0 Å². The molecule has 3 nitrogen and oxygen atoms in total. The fraction of sp³-hybridized carbons (Fsp3) is 0.962. The van der Waals surface area contributed by atoms with Gasteiger partial charge in [-0.1, -0.05) is 58.3 Å². The smallest absolute Gasteiger partial charge is 0.410 e. The van der Waals surface area contributed by atoms with Crippen LogP contribution in [0.15, 0.2) is 0 Å². The van der Waals surface area contributed by atoms with Crippen LogP contribution in [0.5, 0.6) is 0 Å². The third kappa shape index (κ3) is 4.49. The summed E-state index contributed by atoms with van der Waals surface area (Å²) >= 11 is 0. The Labute approximate surface area is 179 Å². The molecular formula is C26H45NO2. The molecule has 0 heterocycles. The van der Waals surface area contributed by atoms with E-state index >= 15 is 0 Å². The predicted molar refractivity (Wildman–Crippen MR) is 119 cm³/mol. The highest BCUT2D eigenvalue weighted by Gasteiger charge is 2.53. The van der Waals surface area contributed by atoms with E-state index in [1.807, 2.05) is 0 Å². The molecule has 3 unspecified atom stereocenters. The van der Waals surface area contributed by atoms with Gasteiger partial charge in [-0.05, 0) is 77.0 Å². The maximum atomic E-state index is 13.7. The van der Waals surface area contributed by atoms with E-state index in [4.69, 9.17) is 4.74 Å². The van der Waals surface area contributed by atoms with E-state index in [9.17, 15) is 4.79 Å². The molecule has 0 saturated heterocycles. The molecule has 29 heavy (non-hydrogen) atoms. The summed E-state index contributed by atoms with van der Waals surface area (Å²) < 4.78 is 6.56. The summed E-state index contributed by atoms with van der Waals surface area (Å²) in [5.74, 6) is 1.61. The lowest BCUT2D eigenvalue weighted by Crippen LogP contribution is -2.56. The minimum Gasteiger partial charge on any atom is -0.443 e. The van der Waals surface area contributed by atoms with Crippen molar-refractivity contribution in [2.45, 2.75) is 141 Å². The molecule has 0 aliphatic heterocycles. The Hall–Kier alpha value is -0.730. The summed E-state index contributed by atoms with van der Waals surface area (Å²) in [5.41, 5.74) is -0.174. The number of carbonyl (C=O) groups excluding carboxylic acids is 1. The first-order valence-electron chi connectivity index (χ1n) is 12.9. The van der Waals surface area contributed by atoms with Crippen molar-refractivity contribution in [3.63, 3.8) is 0 Å². The van der Waals surface area contributed by atoms with E-state index in [0.717, 1.165) is 11.8 Å². The lowest BCUT2D eigenvalue weighted by atomic mass is 9.53. The van der Waals surface area contributed by atoms with Crippen molar-refractivity contribution in [2.24, 2.45) is 17.3 Å². The Bertz CT molecular complexity index is 539. The Morgan fingerprint density at radius 2 is 1.45 bits per heavy atom. The number of amides is 1. The summed E-state index contributed by atoms with van der Waals surface area (Å²) in [6, 6.07) is 0.828. The molecule has 4 saturated carbocycles. The molecule has 0 spiro atoms. The number of rotatable bonds is 4. The van der Waals surface area contributed by atoms with Crippen LogP contribution in [0.2, 0.25) is 0 Å². The van der Waals surface area contributed by atoms with Crippen molar-refractivity contribution in [3.05, 3.63) is 0 Å². The van der Waals surface area contributed by atoms with Crippen LogP contribution in [-0.4, -0.2) is 28.7 Å². The van der Waals surface area contributed by atoms with Crippen LogP contribution in [-0.2, 0) is 4.74 Å². The minimum absolute atomic E-state index is 0.0172. The molecule has 0 radical (unpaired) electrons. The van der Waals surface area contributed by atoms with Crippen molar-refractivity contribution in [3.8, 4) is 0 Å². The Balaban J connectivity index is 1.52. The lowest BCUT2D eigenvalue weighted by molar-refractivity contribution is -0.133. The van der Waals surface area contributed by atoms with E-state index in [0.29, 0.717) is 12.1 Å². The molecule has 0 aromatic rings. The van der Waals surface area contributed by atoms with Crippen molar-refractivity contribution in [2.75, 3.05) is 0 Å². The van der Waals surface area contributed by atoms with Crippen LogP contribution in [0.1, 0.15) is 124 Å². The molecule has 4 aliphatic carbocycles. The van der Waals surface area contributed by atoms with Gasteiger partial charge in [-0.2, -0.15) is 0 Å². The zero-order valence-electron chi connectivity index (χ0n) is 19.4. The van der Waals surface area contributed by atoms with Gasteiger partial charge in [-0.15, -0.1) is 0 Å². The zero-order valence-corrected chi connectivity index (χ0v) is 19.4. The van der Waals surface area contributed by atoms with Crippen LogP contribution in [0.3, 0.4) is 0 Å². The topological polar surface area (TPSA) is 29.5 Å². The summed E-state index contributed by atoms with van der Waals surface area (Å²) in [7, 11) is 0. The number of fused-ring (bicyclic) bond motifs is 2. The molecule has 4 fully saturated rings. The summed E-state index contributed by atoms with van der Waals surface area (Å²) in [4.78, 5) is 16.0. The fourth-order valence-corrected chi connectivity index (χ4v) is 7.68. The molecule has 1 amide bonds. The molecule has 3 heteroatoms. The Morgan fingerprint density at radius 1 is 0.862 bits per heavy atom. The third-order valence-electron chi connectivity index (χ3n) is 9.19. The molecule has 166 valence electrons. The van der Waals surface area contributed by atoms with Gasteiger partial charge < -0.3 is 9.64 Å². The van der Waals surface area contributed by atoms with Gasteiger partial charge >= 0.3 is 6.09 Å². The quantitative estimate of drug-likeness (QED) is 0.487. The highest BCUT2D eigenvalue weighted by Crippen LogP contribution is 2.57. The SMILES string of the molecule is CC1CC2CCCC(C(C)(C)OC(=O)N(C3CCCCC3)C3CCCCC3)(C1)C2. The molecule has 0 N–H and O–H groups in total. The van der Waals surface area contributed by atoms with Crippen molar-refractivity contribution in [1.82, 2.24) is 4.90 Å². The fourth-order valence-electron chi connectivity index (χ4n) is 7.68. The highest BCUT2D eigenvalue weighted by molar-refractivity contribution is 5.69. The predicted octanol–water partition coefficient (Wildman–Crippen LogP) is 7.48. The number of hydrogen-bond donors (Lipinski definition) is 0. The summed E-state index contributed by atoms with van der Waals surface area (Å²) in [5, 5.41) is 0. The zero-order chi connectivity index (χ0) is 20.5. The molecule has 3 atom stereocenters. The average Bonchev–Trinajstić information content (AvgIpc) is 2.69. The van der Waals surface area contributed by atoms with Crippen molar-refractivity contribution in [1.29, 1.82) is 0 Å². The van der Waals surface area contributed by atoms with Gasteiger partial charge in [-0.3, -0.25) is 0 Å².